The number of para-hydroxylation sites is 1. The highest BCUT2D eigenvalue weighted by molar-refractivity contribution is 6.21. The van der Waals surface area contributed by atoms with Gasteiger partial charge >= 0.3 is 0 Å². The first-order chi connectivity index (χ1) is 13.9. The Hall–Kier alpha value is -3.58. The summed E-state index contributed by atoms with van der Waals surface area (Å²) in [5.41, 5.74) is 12.4. The maximum absolute atomic E-state index is 3.63. The van der Waals surface area contributed by atoms with Crippen LogP contribution in [0.15, 0.2) is 91.0 Å². The van der Waals surface area contributed by atoms with Crippen molar-refractivity contribution in [2.75, 3.05) is 0 Å². The van der Waals surface area contributed by atoms with Crippen LogP contribution in [0.5, 0.6) is 0 Å². The molecule has 130 valence electrons. The van der Waals surface area contributed by atoms with E-state index in [1.165, 1.54) is 60.8 Å². The molecule has 0 saturated heterocycles. The molecule has 1 unspecified atom stereocenters. The molecular formula is C27H17N. The molecule has 1 N–H and O–H groups in total. The third kappa shape index (κ3) is 1.76. The number of hydrogen-bond donors (Lipinski definition) is 1. The Bertz CT molecular complexity index is 1440. The molecule has 7 rings (SSSR count). The monoisotopic (exact) mass is 355 g/mol. The minimum absolute atomic E-state index is 0.420. The van der Waals surface area contributed by atoms with Gasteiger partial charge in [0.15, 0.2) is 0 Å². The SMILES string of the molecule is c1ccc(C2=C3c4ccccc4-c4cc5c(cc4C23)[nH]c2ccccc25)cc1. The van der Waals surface area contributed by atoms with Crippen LogP contribution in [0.3, 0.4) is 0 Å². The van der Waals surface area contributed by atoms with Gasteiger partial charge in [0.25, 0.3) is 0 Å². The standard InChI is InChI=1S/C27H17N/c1-2-8-16(9-3-1)25-26-19-12-5-4-10-17(19)20-14-21-18-11-6-7-13-23(18)28-24(21)15-22(20)27(25)26/h1-15,27-28H. The van der Waals surface area contributed by atoms with Crippen LogP contribution >= 0.6 is 0 Å². The van der Waals surface area contributed by atoms with Gasteiger partial charge in [0.05, 0.1) is 0 Å². The van der Waals surface area contributed by atoms with Gasteiger partial charge in [-0.25, -0.2) is 0 Å². The number of allylic oxidation sites excluding steroid dienone is 2. The highest BCUT2D eigenvalue weighted by Crippen LogP contribution is 2.65. The van der Waals surface area contributed by atoms with Crippen molar-refractivity contribution in [2.24, 2.45) is 0 Å². The molecule has 28 heavy (non-hydrogen) atoms. The molecule has 4 aromatic carbocycles. The maximum atomic E-state index is 3.63. The van der Waals surface area contributed by atoms with E-state index in [9.17, 15) is 0 Å². The molecule has 1 nitrogen and oxygen atoms in total. The molecule has 0 bridgehead atoms. The fraction of sp³-hybridized carbons (Fsp3) is 0.0370. The summed E-state index contributed by atoms with van der Waals surface area (Å²) >= 11 is 0. The Morgan fingerprint density at radius 1 is 0.536 bits per heavy atom. The van der Waals surface area contributed by atoms with E-state index in [0.717, 1.165) is 0 Å². The van der Waals surface area contributed by atoms with Crippen molar-refractivity contribution in [3.63, 3.8) is 0 Å². The lowest BCUT2D eigenvalue weighted by molar-refractivity contribution is 1.23. The molecule has 2 aliphatic carbocycles. The molecule has 5 aromatic rings. The van der Waals surface area contributed by atoms with Gasteiger partial charge in [-0.05, 0) is 57.2 Å². The van der Waals surface area contributed by atoms with Gasteiger partial charge in [-0.15, -0.1) is 0 Å². The summed E-state index contributed by atoms with van der Waals surface area (Å²) in [5, 5.41) is 2.62. The number of benzene rings is 4. The largest absolute Gasteiger partial charge is 0.355 e. The van der Waals surface area contributed by atoms with Crippen molar-refractivity contribution in [1.29, 1.82) is 0 Å². The highest BCUT2D eigenvalue weighted by Gasteiger charge is 2.44. The number of fused-ring (bicyclic) bond motifs is 9. The van der Waals surface area contributed by atoms with Crippen LogP contribution in [0.2, 0.25) is 0 Å². The summed E-state index contributed by atoms with van der Waals surface area (Å²) in [6.45, 7) is 0. The van der Waals surface area contributed by atoms with Gasteiger partial charge in [-0.3, -0.25) is 0 Å². The van der Waals surface area contributed by atoms with Gasteiger partial charge < -0.3 is 4.98 Å². The van der Waals surface area contributed by atoms with Gasteiger partial charge in [0, 0.05) is 27.7 Å². The van der Waals surface area contributed by atoms with Gasteiger partial charge in [-0.1, -0.05) is 72.8 Å². The second kappa shape index (κ2) is 5.02. The molecule has 1 aromatic heterocycles. The molecule has 1 heterocycles. The van der Waals surface area contributed by atoms with E-state index < -0.39 is 0 Å². The van der Waals surface area contributed by atoms with Gasteiger partial charge in [0.2, 0.25) is 0 Å². The zero-order chi connectivity index (χ0) is 18.2. The van der Waals surface area contributed by atoms with Crippen molar-refractivity contribution in [3.8, 4) is 11.1 Å². The Balaban J connectivity index is 1.56. The van der Waals surface area contributed by atoms with E-state index in [-0.39, 0.29) is 0 Å². The van der Waals surface area contributed by atoms with Crippen molar-refractivity contribution >= 4 is 33.0 Å². The summed E-state index contributed by atoms with van der Waals surface area (Å²) in [7, 11) is 0. The Morgan fingerprint density at radius 2 is 1.29 bits per heavy atom. The average molecular weight is 355 g/mol. The second-order valence-electron chi connectivity index (χ2n) is 7.83. The average Bonchev–Trinajstić information content (AvgIpc) is 3.41. The Labute approximate surface area is 163 Å². The summed E-state index contributed by atoms with van der Waals surface area (Å²) in [6.07, 6.45) is 0. The third-order valence-electron chi connectivity index (χ3n) is 6.36. The van der Waals surface area contributed by atoms with E-state index in [4.69, 9.17) is 0 Å². The number of aromatic nitrogens is 1. The van der Waals surface area contributed by atoms with Crippen LogP contribution < -0.4 is 0 Å². The zero-order valence-corrected chi connectivity index (χ0v) is 15.2. The molecule has 0 saturated carbocycles. The predicted molar refractivity (Wildman–Crippen MR) is 117 cm³/mol. The molecule has 0 fully saturated rings. The molecular weight excluding hydrogens is 338 g/mol. The number of aromatic amines is 1. The van der Waals surface area contributed by atoms with E-state index in [0.29, 0.717) is 5.92 Å². The predicted octanol–water partition coefficient (Wildman–Crippen LogP) is 7.01. The van der Waals surface area contributed by atoms with Crippen LogP contribution in [-0.2, 0) is 0 Å². The number of hydrogen-bond acceptors (Lipinski definition) is 0. The smallest absolute Gasteiger partial charge is 0.0468 e. The molecule has 1 heteroatoms. The lowest BCUT2D eigenvalue weighted by Gasteiger charge is -2.19. The third-order valence-corrected chi connectivity index (χ3v) is 6.36. The van der Waals surface area contributed by atoms with Crippen molar-refractivity contribution in [2.45, 2.75) is 5.92 Å². The molecule has 0 radical (unpaired) electrons. The van der Waals surface area contributed by atoms with Crippen molar-refractivity contribution < 1.29 is 0 Å². The fourth-order valence-electron chi connectivity index (χ4n) is 5.11. The van der Waals surface area contributed by atoms with Crippen LogP contribution in [0, 0.1) is 0 Å². The molecule has 0 spiro atoms. The van der Waals surface area contributed by atoms with Crippen molar-refractivity contribution in [1.82, 2.24) is 4.98 Å². The van der Waals surface area contributed by atoms with Crippen LogP contribution in [0.4, 0.5) is 0 Å². The normalized spacial score (nSPS) is 16.8. The molecule has 0 aliphatic heterocycles. The Kier molecular flexibility index (Phi) is 2.60. The lowest BCUT2D eigenvalue weighted by Crippen LogP contribution is -1.98. The maximum Gasteiger partial charge on any atom is 0.0468 e. The van der Waals surface area contributed by atoms with Crippen molar-refractivity contribution in [3.05, 3.63) is 108 Å². The highest BCUT2D eigenvalue weighted by atomic mass is 14.7. The van der Waals surface area contributed by atoms with Crippen LogP contribution in [-0.4, -0.2) is 4.98 Å². The first-order valence-electron chi connectivity index (χ1n) is 9.84. The zero-order valence-electron chi connectivity index (χ0n) is 15.2. The quantitative estimate of drug-likeness (QED) is 0.333. The van der Waals surface area contributed by atoms with Gasteiger partial charge in [0.1, 0.15) is 0 Å². The summed E-state index contributed by atoms with van der Waals surface area (Å²) in [5.74, 6) is 0.420. The summed E-state index contributed by atoms with van der Waals surface area (Å²) < 4.78 is 0. The van der Waals surface area contributed by atoms with E-state index in [1.807, 2.05) is 0 Å². The minimum Gasteiger partial charge on any atom is -0.355 e. The minimum atomic E-state index is 0.420. The fourth-order valence-corrected chi connectivity index (χ4v) is 5.11. The number of rotatable bonds is 1. The summed E-state index contributed by atoms with van der Waals surface area (Å²) in [6, 6.07) is 33.1. The second-order valence-corrected chi connectivity index (χ2v) is 7.83. The first-order valence-corrected chi connectivity index (χ1v) is 9.84. The van der Waals surface area contributed by atoms with Crippen LogP contribution in [0.1, 0.15) is 22.6 Å². The number of H-pyrrole nitrogens is 1. The molecule has 0 amide bonds. The van der Waals surface area contributed by atoms with E-state index in [1.54, 1.807) is 0 Å². The first kappa shape index (κ1) is 14.5. The Morgan fingerprint density at radius 3 is 2.18 bits per heavy atom. The lowest BCUT2D eigenvalue weighted by atomic mass is 9.84. The van der Waals surface area contributed by atoms with E-state index in [2.05, 4.69) is 96.0 Å². The summed E-state index contributed by atoms with van der Waals surface area (Å²) in [4.78, 5) is 3.63. The topological polar surface area (TPSA) is 15.8 Å². The van der Waals surface area contributed by atoms with Crippen LogP contribution in [0.25, 0.3) is 44.1 Å². The van der Waals surface area contributed by atoms with E-state index >= 15 is 0 Å². The molecule has 1 atom stereocenters. The molecule has 2 aliphatic rings. The number of nitrogens with one attached hydrogen (secondary N) is 1. The van der Waals surface area contributed by atoms with Gasteiger partial charge in [-0.2, -0.15) is 0 Å².